The molecule has 10 heteroatoms. The summed E-state index contributed by atoms with van der Waals surface area (Å²) in [5.74, 6) is 0.331. The van der Waals surface area contributed by atoms with Gasteiger partial charge in [0, 0.05) is 18.6 Å². The van der Waals surface area contributed by atoms with Crippen LogP contribution in [0.15, 0.2) is 29.4 Å². The zero-order chi connectivity index (χ0) is 21.0. The van der Waals surface area contributed by atoms with E-state index in [4.69, 9.17) is 11.6 Å². The van der Waals surface area contributed by atoms with Gasteiger partial charge in [-0.3, -0.25) is 14.7 Å². The van der Waals surface area contributed by atoms with Gasteiger partial charge in [0.2, 0.25) is 11.9 Å². The quantitative estimate of drug-likeness (QED) is 0.699. The SMILES string of the molecule is CC(C)(C)NC(=O)NC(=O)CSc1nnc(N2CCCC2)n1-c1ccccc1Cl. The molecule has 1 fully saturated rings. The van der Waals surface area contributed by atoms with Crippen LogP contribution < -0.4 is 15.5 Å². The zero-order valence-corrected chi connectivity index (χ0v) is 18.3. The smallest absolute Gasteiger partial charge is 0.321 e. The van der Waals surface area contributed by atoms with Crippen molar-refractivity contribution in [2.45, 2.75) is 44.3 Å². The summed E-state index contributed by atoms with van der Waals surface area (Å²) in [6.45, 7) is 7.34. The molecule has 1 aromatic heterocycles. The van der Waals surface area contributed by atoms with Gasteiger partial charge in [-0.15, -0.1) is 10.2 Å². The molecule has 2 heterocycles. The minimum atomic E-state index is -0.520. The van der Waals surface area contributed by atoms with E-state index in [2.05, 4.69) is 25.7 Å². The summed E-state index contributed by atoms with van der Waals surface area (Å²) in [5.41, 5.74) is 0.335. The molecule has 2 aromatic rings. The van der Waals surface area contributed by atoms with E-state index in [1.165, 1.54) is 11.8 Å². The van der Waals surface area contributed by atoms with Crippen LogP contribution in [0.3, 0.4) is 0 Å². The van der Waals surface area contributed by atoms with Crippen LogP contribution in [0.2, 0.25) is 5.02 Å². The van der Waals surface area contributed by atoms with Crippen molar-refractivity contribution in [3.8, 4) is 5.69 Å². The molecule has 1 aliphatic rings. The molecular formula is C19H25ClN6O2S. The molecule has 0 atom stereocenters. The number of nitrogens with one attached hydrogen (secondary N) is 2. The summed E-state index contributed by atoms with van der Waals surface area (Å²) < 4.78 is 1.88. The van der Waals surface area contributed by atoms with Gasteiger partial charge in [-0.05, 0) is 45.7 Å². The lowest BCUT2D eigenvalue weighted by Gasteiger charge is -2.20. The number of hydrogen-bond acceptors (Lipinski definition) is 6. The van der Waals surface area contributed by atoms with Crippen molar-refractivity contribution >= 4 is 41.2 Å². The third-order valence-corrected chi connectivity index (χ3v) is 5.42. The average molecular weight is 437 g/mol. The fraction of sp³-hybridized carbons (Fsp3) is 0.474. The number of aromatic nitrogens is 3. The van der Waals surface area contributed by atoms with Crippen LogP contribution in [0.5, 0.6) is 0 Å². The Bertz CT molecular complexity index is 889. The number of carbonyl (C=O) groups is 2. The Hall–Kier alpha value is -2.26. The van der Waals surface area contributed by atoms with Gasteiger partial charge in [-0.1, -0.05) is 35.5 Å². The first-order chi connectivity index (χ1) is 13.7. The second-order valence-corrected chi connectivity index (χ2v) is 9.15. The van der Waals surface area contributed by atoms with Gasteiger partial charge in [0.15, 0.2) is 5.16 Å². The topological polar surface area (TPSA) is 92.2 Å². The van der Waals surface area contributed by atoms with Crippen molar-refractivity contribution in [1.82, 2.24) is 25.4 Å². The summed E-state index contributed by atoms with van der Waals surface area (Å²) in [7, 11) is 0. The highest BCUT2D eigenvalue weighted by atomic mass is 35.5. The molecule has 0 saturated carbocycles. The Morgan fingerprint density at radius 2 is 1.86 bits per heavy atom. The Morgan fingerprint density at radius 3 is 2.52 bits per heavy atom. The summed E-state index contributed by atoms with van der Waals surface area (Å²) >= 11 is 7.63. The number of para-hydroxylation sites is 1. The number of hydrogen-bond donors (Lipinski definition) is 2. The van der Waals surface area contributed by atoms with Crippen LogP contribution >= 0.6 is 23.4 Å². The third-order valence-electron chi connectivity index (χ3n) is 4.17. The number of imide groups is 1. The lowest BCUT2D eigenvalue weighted by molar-refractivity contribution is -0.117. The largest absolute Gasteiger partial charge is 0.341 e. The standard InChI is InChI=1S/C19H25ClN6O2S/c1-19(2,3)22-16(28)21-15(27)12-29-18-24-23-17(25-10-6-7-11-25)26(18)14-9-5-4-8-13(14)20/h4-5,8-9H,6-7,10-12H2,1-3H3,(H2,21,22,27,28). The number of urea groups is 1. The summed E-state index contributed by atoms with van der Waals surface area (Å²) in [6, 6.07) is 6.94. The fourth-order valence-corrected chi connectivity index (χ4v) is 3.95. The number of carbonyl (C=O) groups excluding carboxylic acids is 2. The number of benzene rings is 1. The first-order valence-electron chi connectivity index (χ1n) is 9.45. The van der Waals surface area contributed by atoms with Gasteiger partial charge in [0.25, 0.3) is 0 Å². The maximum atomic E-state index is 12.2. The van der Waals surface area contributed by atoms with Crippen LogP contribution in [0.25, 0.3) is 5.69 Å². The van der Waals surface area contributed by atoms with Crippen molar-refractivity contribution in [2.75, 3.05) is 23.7 Å². The van der Waals surface area contributed by atoms with Crippen molar-refractivity contribution in [1.29, 1.82) is 0 Å². The molecule has 2 N–H and O–H groups in total. The van der Waals surface area contributed by atoms with E-state index in [1.807, 2.05) is 49.6 Å². The number of rotatable bonds is 5. The normalized spacial score (nSPS) is 14.1. The van der Waals surface area contributed by atoms with E-state index in [0.717, 1.165) is 31.6 Å². The molecule has 0 aliphatic carbocycles. The predicted molar refractivity (Wildman–Crippen MR) is 115 cm³/mol. The Morgan fingerprint density at radius 1 is 1.17 bits per heavy atom. The summed E-state index contributed by atoms with van der Waals surface area (Å²) in [6.07, 6.45) is 2.20. The van der Waals surface area contributed by atoms with E-state index in [-0.39, 0.29) is 5.75 Å². The molecule has 1 aromatic carbocycles. The summed E-state index contributed by atoms with van der Waals surface area (Å²) in [5, 5.41) is 14.8. The van der Waals surface area contributed by atoms with Crippen LogP contribution in [-0.4, -0.2) is 51.1 Å². The molecule has 156 valence electrons. The molecule has 0 unspecified atom stereocenters. The second-order valence-electron chi connectivity index (χ2n) is 7.80. The number of nitrogens with zero attached hydrogens (tertiary/aromatic N) is 4. The van der Waals surface area contributed by atoms with Crippen LogP contribution in [0.1, 0.15) is 33.6 Å². The minimum Gasteiger partial charge on any atom is -0.341 e. The van der Waals surface area contributed by atoms with Crippen molar-refractivity contribution in [3.63, 3.8) is 0 Å². The number of anilines is 1. The number of thioether (sulfide) groups is 1. The van der Waals surface area contributed by atoms with Gasteiger partial charge in [0.1, 0.15) is 0 Å². The first kappa shape index (κ1) is 21.4. The fourth-order valence-electron chi connectivity index (χ4n) is 2.99. The monoisotopic (exact) mass is 436 g/mol. The molecule has 3 rings (SSSR count). The molecule has 1 aliphatic heterocycles. The zero-order valence-electron chi connectivity index (χ0n) is 16.7. The first-order valence-corrected chi connectivity index (χ1v) is 10.8. The second kappa shape index (κ2) is 9.04. The van der Waals surface area contributed by atoms with E-state index >= 15 is 0 Å². The molecule has 8 nitrogen and oxygen atoms in total. The third kappa shape index (κ3) is 5.63. The molecule has 29 heavy (non-hydrogen) atoms. The highest BCUT2D eigenvalue weighted by Gasteiger charge is 2.24. The molecule has 1 saturated heterocycles. The van der Waals surface area contributed by atoms with E-state index in [9.17, 15) is 9.59 Å². The molecule has 3 amide bonds. The highest BCUT2D eigenvalue weighted by molar-refractivity contribution is 7.99. The van der Waals surface area contributed by atoms with Gasteiger partial charge < -0.3 is 10.2 Å². The van der Waals surface area contributed by atoms with Crippen LogP contribution in [-0.2, 0) is 4.79 Å². The summed E-state index contributed by atoms with van der Waals surface area (Å²) in [4.78, 5) is 26.2. The Labute approximate surface area is 179 Å². The van der Waals surface area contributed by atoms with Crippen molar-refractivity contribution in [2.24, 2.45) is 0 Å². The Kier molecular flexibility index (Phi) is 6.69. The molecule has 0 radical (unpaired) electrons. The van der Waals surface area contributed by atoms with Crippen LogP contribution in [0.4, 0.5) is 10.7 Å². The van der Waals surface area contributed by atoms with Gasteiger partial charge in [-0.2, -0.15) is 0 Å². The maximum Gasteiger partial charge on any atom is 0.321 e. The maximum absolute atomic E-state index is 12.2. The minimum absolute atomic E-state index is 0.0279. The predicted octanol–water partition coefficient (Wildman–Crippen LogP) is 3.24. The molecule has 0 bridgehead atoms. The lowest BCUT2D eigenvalue weighted by Crippen LogP contribution is -2.48. The van der Waals surface area contributed by atoms with Crippen molar-refractivity contribution < 1.29 is 9.59 Å². The number of amides is 3. The van der Waals surface area contributed by atoms with Gasteiger partial charge in [-0.25, -0.2) is 4.79 Å². The van der Waals surface area contributed by atoms with Crippen molar-refractivity contribution in [3.05, 3.63) is 29.3 Å². The van der Waals surface area contributed by atoms with E-state index < -0.39 is 17.5 Å². The highest BCUT2D eigenvalue weighted by Crippen LogP contribution is 2.31. The van der Waals surface area contributed by atoms with E-state index in [1.54, 1.807) is 0 Å². The van der Waals surface area contributed by atoms with Gasteiger partial charge in [0.05, 0.1) is 16.5 Å². The molecule has 0 spiro atoms. The van der Waals surface area contributed by atoms with Crippen LogP contribution in [0, 0.1) is 0 Å². The van der Waals surface area contributed by atoms with E-state index in [0.29, 0.717) is 16.1 Å². The lowest BCUT2D eigenvalue weighted by atomic mass is 10.1. The number of halogens is 1. The molecular weight excluding hydrogens is 412 g/mol. The Balaban J connectivity index is 1.76. The van der Waals surface area contributed by atoms with Gasteiger partial charge >= 0.3 is 6.03 Å². The average Bonchev–Trinajstić information content (AvgIpc) is 3.28.